The fourth-order valence-corrected chi connectivity index (χ4v) is 5.23. The molecule has 28 heavy (non-hydrogen) atoms. The number of sulfonamides is 1. The molecule has 0 amide bonds. The van der Waals surface area contributed by atoms with E-state index in [1.807, 2.05) is 12.1 Å². The van der Waals surface area contributed by atoms with Gasteiger partial charge in [0.2, 0.25) is 10.0 Å². The Kier molecular flexibility index (Phi) is 8.59. The van der Waals surface area contributed by atoms with Crippen molar-refractivity contribution in [1.29, 1.82) is 0 Å². The Labute approximate surface area is 170 Å². The second-order valence-corrected chi connectivity index (χ2v) is 9.42. The first-order chi connectivity index (χ1) is 13.4. The number of halogens is 1. The summed E-state index contributed by atoms with van der Waals surface area (Å²) in [7, 11) is -2.38. The van der Waals surface area contributed by atoms with Crippen molar-refractivity contribution < 1.29 is 22.3 Å². The van der Waals surface area contributed by atoms with Crippen molar-refractivity contribution in [3.05, 3.63) is 52.0 Å². The molecule has 1 heterocycles. The smallest absolute Gasteiger partial charge is 0.305 e. The van der Waals surface area contributed by atoms with E-state index in [-0.39, 0.29) is 16.9 Å². The summed E-state index contributed by atoms with van der Waals surface area (Å²) in [5, 5.41) is 0. The maximum absolute atomic E-state index is 13.1. The molecule has 154 valence electrons. The number of hydrogen-bond acceptors (Lipinski definition) is 5. The Balaban J connectivity index is 2.10. The summed E-state index contributed by atoms with van der Waals surface area (Å²) in [6.07, 6.45) is 4.30. The number of rotatable bonds is 11. The summed E-state index contributed by atoms with van der Waals surface area (Å²) in [6, 6.07) is 8.38. The first-order valence-corrected chi connectivity index (χ1v) is 11.6. The number of methoxy groups -OCH3 is 1. The number of benzene rings is 1. The Morgan fingerprint density at radius 3 is 2.54 bits per heavy atom. The minimum absolute atomic E-state index is 0.0465. The molecule has 0 saturated carbocycles. The first kappa shape index (κ1) is 22.5. The molecule has 0 spiro atoms. The number of nitrogens with one attached hydrogen (secondary N) is 1. The van der Waals surface area contributed by atoms with Crippen LogP contribution in [0.3, 0.4) is 0 Å². The Morgan fingerprint density at radius 1 is 1.18 bits per heavy atom. The molecule has 1 aromatic heterocycles. The van der Waals surface area contributed by atoms with Crippen molar-refractivity contribution in [2.24, 2.45) is 0 Å². The molecule has 1 N–H and O–H groups in total. The molecule has 1 aromatic carbocycles. The van der Waals surface area contributed by atoms with Gasteiger partial charge in [0.25, 0.3) is 0 Å². The third-order valence-electron chi connectivity index (χ3n) is 4.33. The minimum Gasteiger partial charge on any atom is -0.469 e. The zero-order valence-corrected chi connectivity index (χ0v) is 17.7. The van der Waals surface area contributed by atoms with E-state index < -0.39 is 15.8 Å². The predicted octanol–water partition coefficient (Wildman–Crippen LogP) is 4.59. The van der Waals surface area contributed by atoms with Gasteiger partial charge >= 0.3 is 5.97 Å². The number of aryl methyl sites for hydroxylation is 1. The van der Waals surface area contributed by atoms with Crippen LogP contribution in [-0.2, 0) is 26.0 Å². The van der Waals surface area contributed by atoms with Gasteiger partial charge in [-0.3, -0.25) is 4.79 Å². The minimum atomic E-state index is -3.75. The molecule has 2 aromatic rings. The van der Waals surface area contributed by atoms with Crippen molar-refractivity contribution in [3.63, 3.8) is 0 Å². The molecule has 1 unspecified atom stereocenters. The van der Waals surface area contributed by atoms with Gasteiger partial charge in [0.15, 0.2) is 0 Å². The highest BCUT2D eigenvalue weighted by Crippen LogP contribution is 2.29. The topological polar surface area (TPSA) is 72.5 Å². The monoisotopic (exact) mass is 427 g/mol. The molecule has 0 aliphatic rings. The second-order valence-electron chi connectivity index (χ2n) is 6.50. The largest absolute Gasteiger partial charge is 0.469 e. The normalized spacial score (nSPS) is 12.7. The van der Waals surface area contributed by atoms with E-state index in [0.717, 1.165) is 41.1 Å². The molecule has 0 aliphatic heterocycles. The van der Waals surface area contributed by atoms with Crippen LogP contribution in [-0.4, -0.2) is 21.5 Å². The lowest BCUT2D eigenvalue weighted by molar-refractivity contribution is -0.140. The average molecular weight is 428 g/mol. The lowest BCUT2D eigenvalue weighted by atomic mass is 10.1. The van der Waals surface area contributed by atoms with E-state index >= 15 is 0 Å². The number of unbranched alkanes of at least 4 members (excludes halogenated alkanes) is 1. The van der Waals surface area contributed by atoms with Gasteiger partial charge in [0.05, 0.1) is 18.0 Å². The molecule has 0 saturated heterocycles. The summed E-state index contributed by atoms with van der Waals surface area (Å²) in [6.45, 7) is 2.05. The van der Waals surface area contributed by atoms with Gasteiger partial charge in [-0.1, -0.05) is 19.8 Å². The van der Waals surface area contributed by atoms with E-state index in [1.54, 1.807) is 11.3 Å². The molecule has 2 rings (SSSR count). The third kappa shape index (κ3) is 6.68. The molecule has 5 nitrogen and oxygen atoms in total. The highest BCUT2D eigenvalue weighted by molar-refractivity contribution is 7.89. The van der Waals surface area contributed by atoms with Gasteiger partial charge in [-0.2, -0.15) is 0 Å². The van der Waals surface area contributed by atoms with Crippen LogP contribution in [0.5, 0.6) is 0 Å². The fraction of sp³-hybridized carbons (Fsp3) is 0.450. The fourth-order valence-electron chi connectivity index (χ4n) is 2.76. The van der Waals surface area contributed by atoms with Gasteiger partial charge in [-0.25, -0.2) is 17.5 Å². The quantitative estimate of drug-likeness (QED) is 0.532. The van der Waals surface area contributed by atoms with Crippen LogP contribution in [0.15, 0.2) is 41.3 Å². The van der Waals surface area contributed by atoms with E-state index in [4.69, 9.17) is 0 Å². The molecule has 0 bridgehead atoms. The van der Waals surface area contributed by atoms with Crippen LogP contribution in [0.1, 0.15) is 54.8 Å². The van der Waals surface area contributed by atoms with Crippen LogP contribution >= 0.6 is 11.3 Å². The Morgan fingerprint density at radius 2 is 1.89 bits per heavy atom. The lowest BCUT2D eigenvalue weighted by Gasteiger charge is -2.17. The van der Waals surface area contributed by atoms with Crippen molar-refractivity contribution >= 4 is 27.3 Å². The van der Waals surface area contributed by atoms with Crippen LogP contribution in [0.25, 0.3) is 0 Å². The number of carbonyl (C=O) groups excluding carboxylic acids is 1. The summed E-state index contributed by atoms with van der Waals surface area (Å²) >= 11 is 1.55. The molecular weight excluding hydrogens is 401 g/mol. The van der Waals surface area contributed by atoms with Gasteiger partial charge < -0.3 is 4.74 Å². The number of hydrogen-bond donors (Lipinski definition) is 1. The van der Waals surface area contributed by atoms with Gasteiger partial charge in [-0.15, -0.1) is 11.3 Å². The van der Waals surface area contributed by atoms with E-state index in [1.165, 1.54) is 19.2 Å². The lowest BCUT2D eigenvalue weighted by Crippen LogP contribution is -2.28. The Bertz CT molecular complexity index is 863. The molecule has 8 heteroatoms. The van der Waals surface area contributed by atoms with Crippen LogP contribution in [0.2, 0.25) is 0 Å². The molecule has 0 fully saturated rings. The summed E-state index contributed by atoms with van der Waals surface area (Å²) < 4.78 is 45.9. The molecule has 1 atom stereocenters. The van der Waals surface area contributed by atoms with E-state index in [0.29, 0.717) is 19.3 Å². The zero-order valence-electron chi connectivity index (χ0n) is 16.1. The highest BCUT2D eigenvalue weighted by Gasteiger charge is 2.22. The molecular formula is C20H26FNO4S2. The number of esters is 1. The average Bonchev–Trinajstić information content (AvgIpc) is 3.14. The molecule has 0 aliphatic carbocycles. The van der Waals surface area contributed by atoms with E-state index in [9.17, 15) is 17.6 Å². The van der Waals surface area contributed by atoms with Gasteiger partial charge in [0, 0.05) is 16.2 Å². The van der Waals surface area contributed by atoms with Crippen LogP contribution in [0.4, 0.5) is 4.39 Å². The third-order valence-corrected chi connectivity index (χ3v) is 7.07. The Hall–Kier alpha value is -1.77. The summed E-state index contributed by atoms with van der Waals surface area (Å²) in [4.78, 5) is 13.3. The predicted molar refractivity (Wildman–Crippen MR) is 108 cm³/mol. The molecule has 0 radical (unpaired) electrons. The summed E-state index contributed by atoms with van der Waals surface area (Å²) in [5.74, 6) is -0.707. The second kappa shape index (κ2) is 10.7. The standard InChI is InChI=1S/C20H26FNO4S2/c1-3-4-7-18(22-28(24,25)17-12-9-15(21)10-13-17)19-14-11-16(27-19)6-5-8-20(23)26-2/h9-14,18,22H,3-8H2,1-2H3. The summed E-state index contributed by atoms with van der Waals surface area (Å²) in [5.41, 5.74) is 0. The van der Waals surface area contributed by atoms with Crippen LogP contribution in [0, 0.1) is 5.82 Å². The van der Waals surface area contributed by atoms with Crippen molar-refractivity contribution in [1.82, 2.24) is 4.72 Å². The van der Waals surface area contributed by atoms with Crippen molar-refractivity contribution in [2.75, 3.05) is 7.11 Å². The highest BCUT2D eigenvalue weighted by atomic mass is 32.2. The van der Waals surface area contributed by atoms with Gasteiger partial charge in [-0.05, 0) is 55.7 Å². The van der Waals surface area contributed by atoms with E-state index in [2.05, 4.69) is 16.4 Å². The maximum Gasteiger partial charge on any atom is 0.305 e. The van der Waals surface area contributed by atoms with Crippen molar-refractivity contribution in [2.45, 2.75) is 56.4 Å². The van der Waals surface area contributed by atoms with Crippen molar-refractivity contribution in [3.8, 4) is 0 Å². The number of thiophene rings is 1. The maximum atomic E-state index is 13.1. The SMILES string of the molecule is CCCCC(NS(=O)(=O)c1ccc(F)cc1)c1ccc(CCCC(=O)OC)s1. The number of carbonyl (C=O) groups is 1. The number of ether oxygens (including phenoxy) is 1. The zero-order chi connectivity index (χ0) is 20.6. The van der Waals surface area contributed by atoms with Crippen LogP contribution < -0.4 is 4.72 Å². The van der Waals surface area contributed by atoms with Gasteiger partial charge in [0.1, 0.15) is 5.82 Å². The first-order valence-electron chi connectivity index (χ1n) is 9.29.